The van der Waals surface area contributed by atoms with Crippen LogP contribution in [0.5, 0.6) is 0 Å². The van der Waals surface area contributed by atoms with E-state index in [0.29, 0.717) is 0 Å². The smallest absolute Gasteiger partial charge is 0.223 e. The molecule has 70 valence electrons. The summed E-state index contributed by atoms with van der Waals surface area (Å²) in [7, 11) is 0. The Kier molecular flexibility index (Phi) is 3.49. The summed E-state index contributed by atoms with van der Waals surface area (Å²) in [6, 6.07) is 0. The van der Waals surface area contributed by atoms with Gasteiger partial charge in [-0.1, -0.05) is 6.42 Å². The van der Waals surface area contributed by atoms with E-state index >= 15 is 0 Å². The average Bonchev–Trinajstić information content (AvgIpc) is 1.97. The lowest BCUT2D eigenvalue weighted by atomic mass is 9.85. The summed E-state index contributed by atoms with van der Waals surface area (Å²) in [6.45, 7) is -0.142. The van der Waals surface area contributed by atoms with Crippen LogP contribution >= 0.6 is 0 Å². The monoisotopic (exact) mass is 173 g/mol. The maximum Gasteiger partial charge on any atom is 0.223 e. The molecular formula is C8H15NO3. The Bertz CT molecular complexity index is 156. The van der Waals surface area contributed by atoms with Crippen molar-refractivity contribution in [3.8, 4) is 0 Å². The number of carbonyl (C=O) groups is 1. The predicted octanol–water partition coefficient (Wildman–Crippen LogP) is -0.744. The second kappa shape index (κ2) is 4.42. The molecule has 4 nitrogen and oxygen atoms in total. The van der Waals surface area contributed by atoms with E-state index in [4.69, 9.17) is 10.2 Å². The van der Waals surface area contributed by atoms with Gasteiger partial charge in [-0.2, -0.15) is 0 Å². The minimum absolute atomic E-state index is 0.00810. The zero-order chi connectivity index (χ0) is 8.97. The standard InChI is InChI=1S/C8H15NO3/c10-5-7(11)4-9-8(12)6-2-1-3-6/h6-7,10-11H,1-5H2,(H,9,12)/t7-/m1/s1. The van der Waals surface area contributed by atoms with Gasteiger partial charge >= 0.3 is 0 Å². The zero-order valence-electron chi connectivity index (χ0n) is 6.99. The second-order valence-corrected chi connectivity index (χ2v) is 3.21. The molecule has 0 unspecified atom stereocenters. The van der Waals surface area contributed by atoms with Crippen molar-refractivity contribution in [2.24, 2.45) is 5.92 Å². The molecule has 0 aromatic carbocycles. The molecule has 0 spiro atoms. The van der Waals surface area contributed by atoms with Crippen LogP contribution in [0.15, 0.2) is 0 Å². The van der Waals surface area contributed by atoms with Crippen LogP contribution in [0.3, 0.4) is 0 Å². The van der Waals surface area contributed by atoms with Crippen molar-refractivity contribution < 1.29 is 15.0 Å². The van der Waals surface area contributed by atoms with Crippen molar-refractivity contribution >= 4 is 5.91 Å². The normalized spacial score (nSPS) is 19.8. The van der Waals surface area contributed by atoms with E-state index in [1.165, 1.54) is 0 Å². The Hall–Kier alpha value is -0.610. The summed E-state index contributed by atoms with van der Waals surface area (Å²) in [4.78, 5) is 11.1. The molecule has 0 aromatic rings. The van der Waals surface area contributed by atoms with E-state index in [1.807, 2.05) is 0 Å². The van der Waals surface area contributed by atoms with Gasteiger partial charge in [0.15, 0.2) is 0 Å². The fourth-order valence-electron chi connectivity index (χ4n) is 1.10. The van der Waals surface area contributed by atoms with Crippen molar-refractivity contribution in [1.29, 1.82) is 0 Å². The Labute approximate surface area is 71.6 Å². The molecule has 1 atom stereocenters. The molecule has 1 rings (SSSR count). The highest BCUT2D eigenvalue weighted by Crippen LogP contribution is 2.25. The Morgan fingerprint density at radius 3 is 2.67 bits per heavy atom. The molecule has 0 aliphatic heterocycles. The molecule has 0 heterocycles. The predicted molar refractivity (Wildman–Crippen MR) is 43.4 cm³/mol. The number of hydrogen-bond donors (Lipinski definition) is 3. The van der Waals surface area contributed by atoms with Crippen LogP contribution < -0.4 is 5.32 Å². The molecule has 1 saturated carbocycles. The van der Waals surface area contributed by atoms with Gasteiger partial charge in [0, 0.05) is 12.5 Å². The van der Waals surface area contributed by atoms with Gasteiger partial charge < -0.3 is 15.5 Å². The van der Waals surface area contributed by atoms with E-state index in [1.54, 1.807) is 0 Å². The first-order valence-electron chi connectivity index (χ1n) is 4.30. The highest BCUT2D eigenvalue weighted by molar-refractivity contribution is 5.79. The summed E-state index contributed by atoms with van der Waals surface area (Å²) in [5, 5.41) is 20.0. The molecule has 0 aromatic heterocycles. The van der Waals surface area contributed by atoms with E-state index in [9.17, 15) is 4.79 Å². The van der Waals surface area contributed by atoms with E-state index in [0.717, 1.165) is 19.3 Å². The van der Waals surface area contributed by atoms with Gasteiger partial charge in [-0.3, -0.25) is 4.79 Å². The molecular weight excluding hydrogens is 158 g/mol. The number of carbonyl (C=O) groups excluding carboxylic acids is 1. The summed E-state index contributed by atoms with van der Waals surface area (Å²) >= 11 is 0. The van der Waals surface area contributed by atoms with Crippen LogP contribution in [0.4, 0.5) is 0 Å². The third kappa shape index (κ3) is 2.46. The van der Waals surface area contributed by atoms with Gasteiger partial charge in [0.1, 0.15) is 0 Å². The van der Waals surface area contributed by atoms with Gasteiger partial charge in [0.05, 0.1) is 12.7 Å². The summed E-state index contributed by atoms with van der Waals surface area (Å²) in [5.41, 5.74) is 0. The third-order valence-electron chi connectivity index (χ3n) is 2.20. The van der Waals surface area contributed by atoms with Crippen molar-refractivity contribution in [2.45, 2.75) is 25.4 Å². The van der Waals surface area contributed by atoms with Gasteiger partial charge in [-0.05, 0) is 12.8 Å². The van der Waals surface area contributed by atoms with Crippen LogP contribution in [0.1, 0.15) is 19.3 Å². The lowest BCUT2D eigenvalue weighted by molar-refractivity contribution is -0.127. The molecule has 3 N–H and O–H groups in total. The number of amides is 1. The Balaban J connectivity index is 2.09. The molecule has 0 bridgehead atoms. The number of nitrogens with one attached hydrogen (secondary N) is 1. The minimum atomic E-state index is -0.825. The van der Waals surface area contributed by atoms with E-state index < -0.39 is 6.10 Å². The first-order chi connectivity index (χ1) is 5.74. The van der Waals surface area contributed by atoms with Gasteiger partial charge in [0.25, 0.3) is 0 Å². The molecule has 12 heavy (non-hydrogen) atoms. The van der Waals surface area contributed by atoms with E-state index in [-0.39, 0.29) is 25.0 Å². The molecule has 1 aliphatic carbocycles. The Morgan fingerprint density at radius 2 is 2.25 bits per heavy atom. The largest absolute Gasteiger partial charge is 0.394 e. The van der Waals surface area contributed by atoms with E-state index in [2.05, 4.69) is 5.32 Å². The van der Waals surface area contributed by atoms with Crippen LogP contribution in [0.25, 0.3) is 0 Å². The van der Waals surface area contributed by atoms with Crippen LogP contribution in [-0.2, 0) is 4.79 Å². The molecule has 4 heteroatoms. The molecule has 1 amide bonds. The zero-order valence-corrected chi connectivity index (χ0v) is 6.99. The van der Waals surface area contributed by atoms with Gasteiger partial charge in [-0.25, -0.2) is 0 Å². The number of aliphatic hydroxyl groups is 2. The maximum absolute atomic E-state index is 11.1. The van der Waals surface area contributed by atoms with Crippen molar-refractivity contribution in [1.82, 2.24) is 5.32 Å². The summed E-state index contributed by atoms with van der Waals surface area (Å²) < 4.78 is 0. The lowest BCUT2D eigenvalue weighted by Crippen LogP contribution is -2.39. The van der Waals surface area contributed by atoms with Gasteiger partial charge in [-0.15, -0.1) is 0 Å². The molecule has 0 radical (unpaired) electrons. The lowest BCUT2D eigenvalue weighted by Gasteiger charge is -2.24. The fourth-order valence-corrected chi connectivity index (χ4v) is 1.10. The number of aliphatic hydroxyl groups excluding tert-OH is 2. The van der Waals surface area contributed by atoms with Crippen molar-refractivity contribution in [3.63, 3.8) is 0 Å². The first kappa shape index (κ1) is 9.48. The highest BCUT2D eigenvalue weighted by Gasteiger charge is 2.24. The highest BCUT2D eigenvalue weighted by atomic mass is 16.3. The fraction of sp³-hybridized carbons (Fsp3) is 0.875. The van der Waals surface area contributed by atoms with Crippen LogP contribution in [-0.4, -0.2) is 35.4 Å². The van der Waals surface area contributed by atoms with Crippen molar-refractivity contribution in [3.05, 3.63) is 0 Å². The average molecular weight is 173 g/mol. The SMILES string of the molecule is O=C(NC[C@@H](O)CO)C1CCC1. The summed E-state index contributed by atoms with van der Waals surface area (Å²) in [6.07, 6.45) is 2.22. The third-order valence-corrected chi connectivity index (χ3v) is 2.20. The molecule has 1 aliphatic rings. The maximum atomic E-state index is 11.1. The van der Waals surface area contributed by atoms with Gasteiger partial charge in [0.2, 0.25) is 5.91 Å². The first-order valence-corrected chi connectivity index (χ1v) is 4.30. The number of rotatable bonds is 4. The summed E-state index contributed by atoms with van der Waals surface area (Å²) in [5.74, 6) is 0.157. The topological polar surface area (TPSA) is 69.6 Å². The molecule has 0 saturated heterocycles. The molecule has 1 fully saturated rings. The van der Waals surface area contributed by atoms with Crippen LogP contribution in [0.2, 0.25) is 0 Å². The second-order valence-electron chi connectivity index (χ2n) is 3.21. The number of hydrogen-bond acceptors (Lipinski definition) is 3. The van der Waals surface area contributed by atoms with Crippen LogP contribution in [0, 0.1) is 5.92 Å². The quantitative estimate of drug-likeness (QED) is 0.524. The van der Waals surface area contributed by atoms with Crippen molar-refractivity contribution in [2.75, 3.05) is 13.2 Å². The Morgan fingerprint density at radius 1 is 1.58 bits per heavy atom. The minimum Gasteiger partial charge on any atom is -0.394 e.